The van der Waals surface area contributed by atoms with E-state index in [0.29, 0.717) is 12.8 Å². The van der Waals surface area contributed by atoms with Crippen molar-refractivity contribution in [2.24, 2.45) is 0 Å². The number of rotatable bonds is 62. The molecular formula is C79H143NO18. The van der Waals surface area contributed by atoms with Crippen LogP contribution in [0.3, 0.4) is 0 Å². The van der Waals surface area contributed by atoms with Crippen molar-refractivity contribution < 1.29 is 89.4 Å². The van der Waals surface area contributed by atoms with E-state index >= 15 is 0 Å². The maximum atomic E-state index is 13.4. The van der Waals surface area contributed by atoms with Gasteiger partial charge in [0.2, 0.25) is 5.91 Å². The highest BCUT2D eigenvalue weighted by atomic mass is 16.8. The van der Waals surface area contributed by atoms with E-state index in [1.54, 1.807) is 6.08 Å². The summed E-state index contributed by atoms with van der Waals surface area (Å²) in [6, 6.07) is -1.00. The summed E-state index contributed by atoms with van der Waals surface area (Å²) in [5.41, 5.74) is 0. The first-order valence-corrected chi connectivity index (χ1v) is 39.5. The van der Waals surface area contributed by atoms with Crippen molar-refractivity contribution in [2.45, 2.75) is 407 Å². The van der Waals surface area contributed by atoms with Crippen molar-refractivity contribution in [3.05, 3.63) is 60.8 Å². The van der Waals surface area contributed by atoms with Gasteiger partial charge in [-0.25, -0.2) is 0 Å². The van der Waals surface area contributed by atoms with Crippen LogP contribution in [0.25, 0.3) is 0 Å². The van der Waals surface area contributed by atoms with E-state index in [1.165, 1.54) is 199 Å². The fourth-order valence-corrected chi connectivity index (χ4v) is 13.2. The summed E-state index contributed by atoms with van der Waals surface area (Å²) in [5, 5.41) is 121. The standard InChI is InChI=1S/C79H143NO18/c1-3-5-7-9-11-13-15-17-19-21-23-25-26-27-28-29-30-31-32-33-34-35-37-38-40-42-44-46-48-50-52-54-56-63(84)62(80-67(85)57-55-53-51-49-47-45-43-41-39-36-24-22-20-18-16-14-12-10-8-6-4-2)61-93-77-73(91)70(88)75(65(59-82)95-77)98-79-74(92)71(89)76(66(60-83)96-79)97-78-72(90)69(87)68(86)64(58-81)94-78/h16,18,22,24,39,41,46,48,54,56,62-66,68-79,81-84,86-92H,3-15,17,19-21,23,25-38,40,42-45,47,49-53,55,57-61H2,1-2H3,(H,80,85)/b18-16-,24-22-,41-39-,48-46+,56-54+. The zero-order chi connectivity index (χ0) is 71.1. The van der Waals surface area contributed by atoms with Crippen LogP contribution in [0, 0.1) is 0 Å². The summed E-state index contributed by atoms with van der Waals surface area (Å²) in [7, 11) is 0. The average Bonchev–Trinajstić information content (AvgIpc) is 0.784. The quantitative estimate of drug-likeness (QED) is 0.0199. The molecule has 1 amide bonds. The number of carbonyl (C=O) groups excluding carboxylic acids is 1. The molecule has 0 aromatic heterocycles. The van der Waals surface area contributed by atoms with E-state index in [1.807, 2.05) is 6.08 Å². The van der Waals surface area contributed by atoms with Crippen LogP contribution in [-0.4, -0.2) is 193 Å². The van der Waals surface area contributed by atoms with Crippen LogP contribution in [0.1, 0.15) is 303 Å². The van der Waals surface area contributed by atoms with E-state index in [9.17, 15) is 61.0 Å². The van der Waals surface area contributed by atoms with Crippen molar-refractivity contribution in [2.75, 3.05) is 26.4 Å². The van der Waals surface area contributed by atoms with Gasteiger partial charge in [-0.1, -0.05) is 286 Å². The summed E-state index contributed by atoms with van der Waals surface area (Å²) in [5.74, 6) is -0.296. The molecule has 0 aromatic rings. The van der Waals surface area contributed by atoms with Gasteiger partial charge in [0.1, 0.15) is 73.2 Å². The van der Waals surface area contributed by atoms with Gasteiger partial charge in [-0.3, -0.25) is 4.79 Å². The molecule has 3 fully saturated rings. The van der Waals surface area contributed by atoms with Gasteiger partial charge in [-0.2, -0.15) is 0 Å². The topological polar surface area (TPSA) is 307 Å². The van der Waals surface area contributed by atoms with Crippen molar-refractivity contribution in [3.63, 3.8) is 0 Å². The molecule has 0 bridgehead atoms. The Morgan fingerprint density at radius 2 is 0.684 bits per heavy atom. The number of nitrogens with one attached hydrogen (secondary N) is 1. The van der Waals surface area contributed by atoms with Crippen molar-refractivity contribution in [3.8, 4) is 0 Å². The Kier molecular flexibility index (Phi) is 54.8. The smallest absolute Gasteiger partial charge is 0.220 e. The normalized spacial score (nSPS) is 27.1. The summed E-state index contributed by atoms with van der Waals surface area (Å²) in [6.07, 6.45) is 49.3. The Labute approximate surface area is 592 Å². The second-order valence-corrected chi connectivity index (χ2v) is 28.2. The number of amides is 1. The molecule has 12 N–H and O–H groups in total. The van der Waals surface area contributed by atoms with Gasteiger partial charge in [-0.05, 0) is 70.6 Å². The van der Waals surface area contributed by atoms with Gasteiger partial charge >= 0.3 is 0 Å². The van der Waals surface area contributed by atoms with Crippen molar-refractivity contribution in [1.29, 1.82) is 0 Å². The predicted octanol–water partition coefficient (Wildman–Crippen LogP) is 12.7. The molecule has 3 heterocycles. The number of allylic oxidation sites excluding steroid dienone is 9. The molecular weight excluding hydrogens is 1250 g/mol. The lowest BCUT2D eigenvalue weighted by Gasteiger charge is -2.48. The summed E-state index contributed by atoms with van der Waals surface area (Å²) in [6.45, 7) is 1.72. The van der Waals surface area contributed by atoms with E-state index < -0.39 is 124 Å². The van der Waals surface area contributed by atoms with Crippen LogP contribution in [0.15, 0.2) is 60.8 Å². The van der Waals surface area contributed by atoms with Crippen LogP contribution in [0.4, 0.5) is 0 Å². The molecule has 0 spiro atoms. The van der Waals surface area contributed by atoms with Crippen LogP contribution in [0.2, 0.25) is 0 Å². The molecule has 0 saturated carbocycles. The van der Waals surface area contributed by atoms with Crippen molar-refractivity contribution >= 4 is 5.91 Å². The van der Waals surface area contributed by atoms with Crippen LogP contribution in [-0.2, 0) is 33.2 Å². The predicted molar refractivity (Wildman–Crippen MR) is 388 cm³/mol. The minimum atomic E-state index is -1.99. The Bertz CT molecular complexity index is 2010. The Morgan fingerprint density at radius 3 is 1.09 bits per heavy atom. The molecule has 3 aliphatic heterocycles. The molecule has 0 aliphatic carbocycles. The number of carbonyl (C=O) groups is 1. The monoisotopic (exact) mass is 1390 g/mol. The minimum absolute atomic E-state index is 0.219. The largest absolute Gasteiger partial charge is 0.394 e. The third-order valence-corrected chi connectivity index (χ3v) is 19.5. The molecule has 0 radical (unpaired) electrons. The maximum Gasteiger partial charge on any atom is 0.220 e. The van der Waals surface area contributed by atoms with Gasteiger partial charge in [0.15, 0.2) is 18.9 Å². The number of ether oxygens (including phenoxy) is 6. The first-order valence-electron chi connectivity index (χ1n) is 39.5. The lowest BCUT2D eigenvalue weighted by Crippen LogP contribution is -2.66. The molecule has 98 heavy (non-hydrogen) atoms. The Morgan fingerprint density at radius 1 is 0.367 bits per heavy atom. The summed E-state index contributed by atoms with van der Waals surface area (Å²) >= 11 is 0. The summed E-state index contributed by atoms with van der Waals surface area (Å²) < 4.78 is 34.4. The van der Waals surface area contributed by atoms with Crippen LogP contribution in [0.5, 0.6) is 0 Å². The van der Waals surface area contributed by atoms with Gasteiger partial charge in [0.25, 0.3) is 0 Å². The molecule has 19 heteroatoms. The molecule has 3 aliphatic rings. The number of unbranched alkanes of at least 4 members (excludes halogenated alkanes) is 38. The average molecular weight is 1400 g/mol. The number of aliphatic hydroxyl groups is 11. The summed E-state index contributed by atoms with van der Waals surface area (Å²) in [4.78, 5) is 13.4. The number of hydrogen-bond donors (Lipinski definition) is 12. The first-order chi connectivity index (χ1) is 47.8. The van der Waals surface area contributed by atoms with E-state index in [-0.39, 0.29) is 18.9 Å². The molecule has 3 saturated heterocycles. The van der Waals surface area contributed by atoms with Gasteiger partial charge < -0.3 is 89.9 Å². The molecule has 572 valence electrons. The third-order valence-electron chi connectivity index (χ3n) is 19.5. The van der Waals surface area contributed by atoms with Crippen LogP contribution >= 0.6 is 0 Å². The number of hydrogen-bond acceptors (Lipinski definition) is 18. The highest BCUT2D eigenvalue weighted by molar-refractivity contribution is 5.76. The highest BCUT2D eigenvalue weighted by Gasteiger charge is 2.53. The lowest BCUT2D eigenvalue weighted by molar-refractivity contribution is -0.379. The maximum absolute atomic E-state index is 13.4. The number of aliphatic hydroxyl groups excluding tert-OH is 11. The highest BCUT2D eigenvalue weighted by Crippen LogP contribution is 2.33. The molecule has 19 nitrogen and oxygen atoms in total. The lowest BCUT2D eigenvalue weighted by atomic mass is 9.96. The second kappa shape index (κ2) is 59.8. The van der Waals surface area contributed by atoms with E-state index in [2.05, 4.69) is 67.8 Å². The molecule has 0 aromatic carbocycles. The molecule has 3 rings (SSSR count). The fourth-order valence-electron chi connectivity index (χ4n) is 13.2. The molecule has 17 unspecified atom stereocenters. The fraction of sp³-hybridized carbons (Fsp3) is 0.861. The zero-order valence-corrected chi connectivity index (χ0v) is 61.0. The second-order valence-electron chi connectivity index (χ2n) is 28.2. The first kappa shape index (κ1) is 89.7. The van der Waals surface area contributed by atoms with Gasteiger partial charge in [0.05, 0.1) is 38.6 Å². The Balaban J connectivity index is 1.39. The van der Waals surface area contributed by atoms with E-state index in [4.69, 9.17) is 28.4 Å². The van der Waals surface area contributed by atoms with Gasteiger partial charge in [0, 0.05) is 6.42 Å². The SMILES string of the molecule is CCCCCCC/C=C\C/C=C\C/C=C\CCCCCCCCC(=O)NC(COC1OC(CO)C(OC2OC(CO)C(OC3OC(CO)C(O)C(O)C3O)C(O)C2O)C(O)C1O)C(O)/C=C/CC/C=C/CCCCCCCCCCCCCCCCCCCCCCCCCCCC. The zero-order valence-electron chi connectivity index (χ0n) is 61.0. The Hall–Kier alpha value is -2.51. The third kappa shape index (κ3) is 39.9. The van der Waals surface area contributed by atoms with Crippen LogP contribution < -0.4 is 5.32 Å². The molecule has 17 atom stereocenters. The van der Waals surface area contributed by atoms with Crippen molar-refractivity contribution in [1.82, 2.24) is 5.32 Å². The van der Waals surface area contributed by atoms with Gasteiger partial charge in [-0.15, -0.1) is 0 Å². The minimum Gasteiger partial charge on any atom is -0.394 e. The van der Waals surface area contributed by atoms with E-state index in [0.717, 1.165) is 70.6 Å².